The average Bonchev–Trinajstić information content (AvgIpc) is 1.63. The standard InChI is InChI=1S/C36H36ClN3O5S.C28H29ClN2O2.C8H9NO4S.CH4/c1-46(43,44)39-28-11-7-9-26(22-28)35(41)40-18-16-25(17-19-40)34(21-24-8-6-10-27(37)20-24)38-36(42)45-23-33-31-14-4-2-12-29(31)30-13-3-5-15-32(30)33;29-21-9-5-7-19(15-21)16-27(20-8-6-14-30-17-20)31-28(32)33-18-26-24-12-3-1-10-22(24)23-11-2-4-13-25(23)26;1-14(12,13)9-7-4-2-3-6(5-7)8(10)11;/h2-15,20,22,25,33-34,39H,16-19,21,23H2,1H3,(H,38,42);1-5,7,9-13,15,20,26-27,30H,6,8,14,16-18H2,(H,31,32);2-5,9H,1H3,(H,10,11);1H4. The maximum Gasteiger partial charge on any atom is 0.407 e. The van der Waals surface area contributed by atoms with Crippen LogP contribution in [0.15, 0.2) is 194 Å². The molecule has 3 amide bonds. The first kappa shape index (κ1) is 69.6. The summed E-state index contributed by atoms with van der Waals surface area (Å²) >= 11 is 12.5. The van der Waals surface area contributed by atoms with E-state index in [-0.39, 0.29) is 67.1 Å². The van der Waals surface area contributed by atoms with Crippen molar-refractivity contribution in [3.63, 3.8) is 0 Å². The summed E-state index contributed by atoms with van der Waals surface area (Å²) in [6.45, 7) is 3.49. The van der Waals surface area contributed by atoms with Crippen molar-refractivity contribution in [2.75, 3.05) is 61.3 Å². The number of piperidine rings is 2. The number of sulfonamides is 2. The quantitative estimate of drug-likeness (QED) is 0.0470. The van der Waals surface area contributed by atoms with Crippen LogP contribution in [0, 0.1) is 11.8 Å². The van der Waals surface area contributed by atoms with Gasteiger partial charge in [-0.2, -0.15) is 0 Å². The lowest BCUT2D eigenvalue weighted by Gasteiger charge is -2.36. The van der Waals surface area contributed by atoms with Crippen LogP contribution < -0.4 is 25.4 Å². The smallest absolute Gasteiger partial charge is 0.407 e. The fourth-order valence-electron chi connectivity index (χ4n) is 12.9. The molecule has 0 saturated carbocycles. The van der Waals surface area contributed by atoms with E-state index in [9.17, 15) is 36.0 Å². The van der Waals surface area contributed by atoms with Gasteiger partial charge in [-0.15, -0.1) is 0 Å². The number of anilines is 2. The molecule has 3 unspecified atom stereocenters. The van der Waals surface area contributed by atoms with Crippen molar-refractivity contribution in [3.05, 3.63) is 249 Å². The van der Waals surface area contributed by atoms with E-state index in [1.54, 1.807) is 29.2 Å². The van der Waals surface area contributed by atoms with Crippen molar-refractivity contribution >= 4 is 78.7 Å². The van der Waals surface area contributed by atoms with Gasteiger partial charge in [0, 0.05) is 64.0 Å². The number of fused-ring (bicyclic) bond motifs is 6. The van der Waals surface area contributed by atoms with Crippen LogP contribution in [0.1, 0.15) is 99.0 Å². The molecule has 2 heterocycles. The predicted molar refractivity (Wildman–Crippen MR) is 372 cm³/mol. The largest absolute Gasteiger partial charge is 0.478 e. The van der Waals surface area contributed by atoms with Crippen LogP contribution in [-0.2, 0) is 42.4 Å². The molecule has 0 spiro atoms. The molecule has 2 aliphatic heterocycles. The van der Waals surface area contributed by atoms with Gasteiger partial charge >= 0.3 is 18.2 Å². The van der Waals surface area contributed by atoms with E-state index in [2.05, 4.69) is 104 Å². The normalized spacial score (nSPS) is 15.6. The van der Waals surface area contributed by atoms with Crippen LogP contribution in [0.5, 0.6) is 0 Å². The van der Waals surface area contributed by atoms with Gasteiger partial charge in [0.1, 0.15) is 13.2 Å². The molecule has 6 N–H and O–H groups in total. The Morgan fingerprint density at radius 2 is 0.936 bits per heavy atom. The van der Waals surface area contributed by atoms with Gasteiger partial charge in [-0.3, -0.25) is 14.2 Å². The van der Waals surface area contributed by atoms with Gasteiger partial charge in [-0.05, 0) is 180 Å². The SMILES string of the molecule is C.CS(=O)(=O)Nc1cccc(C(=O)N2CCC(C(Cc3cccc(Cl)c3)NC(=O)OCC3c4ccccc4-c4ccccc43)CC2)c1.CS(=O)(=O)Nc1cccc(C(=O)O)c1.O=C(NC(Cc1cccc(Cl)c1)C1CCCNC1)OCC1c2ccccc2-c2ccccc21. The van der Waals surface area contributed by atoms with E-state index >= 15 is 0 Å². The summed E-state index contributed by atoms with van der Waals surface area (Å²) in [5.41, 5.74) is 12.7. The number of rotatable bonds is 18. The molecule has 8 aromatic rings. The highest BCUT2D eigenvalue weighted by atomic mass is 35.5. The minimum atomic E-state index is -3.46. The molecule has 2 fully saturated rings. The molecule has 2 aliphatic carbocycles. The molecule has 3 atom stereocenters. The number of amides is 3. The zero-order chi connectivity index (χ0) is 65.7. The summed E-state index contributed by atoms with van der Waals surface area (Å²) in [6, 6.07) is 60.6. The van der Waals surface area contributed by atoms with Crippen LogP contribution in [0.2, 0.25) is 10.0 Å². The number of carboxylic acids is 1. The number of carboxylic acid groups (broad SMARTS) is 1. The fraction of sp³-hybridized carbons (Fsp3) is 0.288. The van der Waals surface area contributed by atoms with Gasteiger partial charge in [-0.1, -0.05) is 164 Å². The number of hydrogen-bond acceptors (Lipinski definition) is 11. The Bertz CT molecular complexity index is 4130. The van der Waals surface area contributed by atoms with E-state index in [0.29, 0.717) is 66.2 Å². The molecule has 21 heteroatoms. The predicted octanol–water partition coefficient (Wildman–Crippen LogP) is 13.9. The fourth-order valence-corrected chi connectivity index (χ4v) is 14.4. The Kier molecular flexibility index (Phi) is 23.7. The Morgan fingerprint density at radius 3 is 1.34 bits per heavy atom. The molecule has 0 aromatic heterocycles. The average molecular weight is 1350 g/mol. The maximum atomic E-state index is 13.3. The van der Waals surface area contributed by atoms with Crippen molar-refractivity contribution in [2.24, 2.45) is 11.8 Å². The lowest BCUT2D eigenvalue weighted by molar-refractivity contribution is 0.0662. The minimum Gasteiger partial charge on any atom is -0.478 e. The van der Waals surface area contributed by atoms with Gasteiger partial charge in [0.25, 0.3) is 5.91 Å². The van der Waals surface area contributed by atoms with Crippen LogP contribution in [0.25, 0.3) is 22.3 Å². The first-order valence-corrected chi connectivity index (χ1v) is 35.4. The topological polar surface area (TPSA) is 239 Å². The van der Waals surface area contributed by atoms with Crippen molar-refractivity contribution in [1.29, 1.82) is 0 Å². The number of ether oxygens (including phenoxy) is 2. The summed E-state index contributed by atoms with van der Waals surface area (Å²) in [4.78, 5) is 52.0. The number of carbonyl (C=O) groups excluding carboxylic acids is 3. The molecule has 492 valence electrons. The number of benzene rings is 8. The van der Waals surface area contributed by atoms with E-state index in [1.807, 2.05) is 66.7 Å². The van der Waals surface area contributed by atoms with Crippen LogP contribution >= 0.6 is 23.2 Å². The molecular formula is C73H78Cl2N6O11S2. The van der Waals surface area contributed by atoms with Crippen LogP contribution in [0.3, 0.4) is 0 Å². The van der Waals surface area contributed by atoms with Crippen molar-refractivity contribution in [1.82, 2.24) is 20.9 Å². The molecular weight excluding hydrogens is 1270 g/mol. The number of aromatic carboxylic acids is 1. The van der Waals surface area contributed by atoms with Gasteiger partial charge in [0.05, 0.1) is 18.1 Å². The first-order valence-electron chi connectivity index (χ1n) is 30.8. The minimum absolute atomic E-state index is 0. The molecule has 8 aromatic carbocycles. The second-order valence-electron chi connectivity index (χ2n) is 23.8. The van der Waals surface area contributed by atoms with E-state index in [1.165, 1.54) is 57.6 Å². The second-order valence-corrected chi connectivity index (χ2v) is 28.1. The van der Waals surface area contributed by atoms with E-state index in [4.69, 9.17) is 37.8 Å². The lowest BCUT2D eigenvalue weighted by Crippen LogP contribution is -2.48. The lowest BCUT2D eigenvalue weighted by atomic mass is 9.85. The van der Waals surface area contributed by atoms with Crippen molar-refractivity contribution < 1.29 is 50.6 Å². The summed E-state index contributed by atoms with van der Waals surface area (Å²) in [7, 11) is -6.83. The number of halogens is 2. The van der Waals surface area contributed by atoms with Gasteiger partial charge < -0.3 is 35.4 Å². The summed E-state index contributed by atoms with van der Waals surface area (Å²) in [5, 5.41) is 19.8. The molecule has 4 aliphatic rings. The van der Waals surface area contributed by atoms with E-state index < -0.39 is 32.1 Å². The van der Waals surface area contributed by atoms with E-state index in [0.717, 1.165) is 67.1 Å². The molecule has 12 rings (SSSR count). The monoisotopic (exact) mass is 1350 g/mol. The highest BCUT2D eigenvalue weighted by Crippen LogP contribution is 2.46. The van der Waals surface area contributed by atoms with Crippen LogP contribution in [0.4, 0.5) is 21.0 Å². The van der Waals surface area contributed by atoms with Crippen LogP contribution in [-0.4, -0.2) is 115 Å². The molecule has 0 bridgehead atoms. The number of carbonyl (C=O) groups is 4. The van der Waals surface area contributed by atoms with Gasteiger partial charge in [0.2, 0.25) is 20.0 Å². The zero-order valence-electron chi connectivity index (χ0n) is 51.5. The van der Waals surface area contributed by atoms with Crippen molar-refractivity contribution in [3.8, 4) is 22.3 Å². The summed E-state index contributed by atoms with van der Waals surface area (Å²) < 4.78 is 61.3. The molecule has 2 saturated heterocycles. The number of nitrogens with one attached hydrogen (secondary N) is 5. The number of alkyl carbamates (subject to hydrolysis) is 2. The third-order valence-corrected chi connectivity index (χ3v) is 18.8. The zero-order valence-corrected chi connectivity index (χ0v) is 54.6. The summed E-state index contributed by atoms with van der Waals surface area (Å²) in [6.07, 6.45) is 6.12. The van der Waals surface area contributed by atoms with Gasteiger partial charge in [0.15, 0.2) is 0 Å². The highest BCUT2D eigenvalue weighted by Gasteiger charge is 2.34. The third-order valence-electron chi connectivity index (χ3n) is 17.1. The number of hydrogen-bond donors (Lipinski definition) is 6. The maximum absolute atomic E-state index is 13.3. The Labute approximate surface area is 560 Å². The van der Waals surface area contributed by atoms with Crippen molar-refractivity contribution in [2.45, 2.75) is 69.9 Å². The Balaban J connectivity index is 0.000000188. The molecule has 94 heavy (non-hydrogen) atoms. The number of likely N-dealkylation sites (tertiary alicyclic amines) is 1. The van der Waals surface area contributed by atoms with Gasteiger partial charge in [-0.25, -0.2) is 31.2 Å². The first-order chi connectivity index (χ1) is 44.7. The molecule has 0 radical (unpaired) electrons. The third kappa shape index (κ3) is 18.8. The second kappa shape index (κ2) is 31.9. The Morgan fingerprint density at radius 1 is 0.532 bits per heavy atom. The molecule has 17 nitrogen and oxygen atoms in total. The highest BCUT2D eigenvalue weighted by molar-refractivity contribution is 7.92. The Hall–Kier alpha value is -8.72. The summed E-state index contributed by atoms with van der Waals surface area (Å²) in [5.74, 6) is -0.774. The number of nitrogens with zero attached hydrogens (tertiary/aromatic N) is 1.